The van der Waals surface area contributed by atoms with Crippen molar-refractivity contribution in [1.82, 2.24) is 0 Å². The molecule has 1 aromatic rings. The van der Waals surface area contributed by atoms with Gasteiger partial charge in [0, 0.05) is 6.42 Å². The summed E-state index contributed by atoms with van der Waals surface area (Å²) >= 11 is 0. The Hall–Kier alpha value is -0.980. The molecule has 0 bridgehead atoms. The molecule has 0 amide bonds. The van der Waals surface area contributed by atoms with Crippen molar-refractivity contribution >= 4 is 0 Å². The standard InChI is InChI=1S/C9H9O/c1-7-2-3-9-8(6-7)4-5-10-9/h2-3,6H,1,4-5H2. The molecular weight excluding hydrogens is 124 g/mol. The predicted octanol–water partition coefficient (Wildman–Crippen LogP) is 1.80. The first-order valence-electron chi connectivity index (χ1n) is 3.44. The van der Waals surface area contributed by atoms with E-state index in [0.717, 1.165) is 24.3 Å². The van der Waals surface area contributed by atoms with Crippen LogP contribution in [-0.2, 0) is 6.42 Å². The molecule has 1 nitrogen and oxygen atoms in total. The van der Waals surface area contributed by atoms with Gasteiger partial charge in [0.1, 0.15) is 5.75 Å². The van der Waals surface area contributed by atoms with Crippen LogP contribution < -0.4 is 4.74 Å². The van der Waals surface area contributed by atoms with Crippen LogP contribution in [0.4, 0.5) is 0 Å². The Labute approximate surface area is 60.6 Å². The minimum Gasteiger partial charge on any atom is -0.493 e. The molecule has 1 radical (unpaired) electrons. The molecule has 1 aliphatic rings. The van der Waals surface area contributed by atoms with Crippen molar-refractivity contribution in [3.05, 3.63) is 36.2 Å². The summed E-state index contributed by atoms with van der Waals surface area (Å²) in [5.41, 5.74) is 2.37. The Balaban J connectivity index is 2.52. The minimum absolute atomic E-state index is 0.832. The minimum atomic E-state index is 0.832. The Kier molecular flexibility index (Phi) is 1.16. The molecule has 0 N–H and O–H groups in total. The number of fused-ring (bicyclic) bond motifs is 1. The average Bonchev–Trinajstić information content (AvgIpc) is 2.33. The monoisotopic (exact) mass is 133 g/mol. The quantitative estimate of drug-likeness (QED) is 0.524. The van der Waals surface area contributed by atoms with Crippen LogP contribution in [0.25, 0.3) is 0 Å². The summed E-state index contributed by atoms with van der Waals surface area (Å²) in [7, 11) is 0. The van der Waals surface area contributed by atoms with Crippen LogP contribution in [0.1, 0.15) is 11.1 Å². The van der Waals surface area contributed by atoms with E-state index in [-0.39, 0.29) is 0 Å². The SMILES string of the molecule is [CH2]c1ccc2c(c1)CCO2. The number of hydrogen-bond donors (Lipinski definition) is 0. The van der Waals surface area contributed by atoms with Gasteiger partial charge < -0.3 is 4.74 Å². The zero-order valence-electron chi connectivity index (χ0n) is 5.76. The van der Waals surface area contributed by atoms with E-state index in [4.69, 9.17) is 4.74 Å². The van der Waals surface area contributed by atoms with Gasteiger partial charge in [-0.1, -0.05) is 12.1 Å². The van der Waals surface area contributed by atoms with Gasteiger partial charge in [0.15, 0.2) is 0 Å². The molecule has 0 unspecified atom stereocenters. The third-order valence-electron chi connectivity index (χ3n) is 1.75. The fourth-order valence-corrected chi connectivity index (χ4v) is 1.24. The van der Waals surface area contributed by atoms with Crippen molar-refractivity contribution in [1.29, 1.82) is 0 Å². The molecule has 0 saturated heterocycles. The van der Waals surface area contributed by atoms with Gasteiger partial charge in [0.25, 0.3) is 0 Å². The molecular formula is C9H9O. The Morgan fingerprint density at radius 3 is 3.20 bits per heavy atom. The second-order valence-corrected chi connectivity index (χ2v) is 2.54. The highest BCUT2D eigenvalue weighted by atomic mass is 16.5. The third-order valence-corrected chi connectivity index (χ3v) is 1.75. The predicted molar refractivity (Wildman–Crippen MR) is 40.1 cm³/mol. The highest BCUT2D eigenvalue weighted by Gasteiger charge is 2.09. The second-order valence-electron chi connectivity index (χ2n) is 2.54. The normalized spacial score (nSPS) is 14.5. The fourth-order valence-electron chi connectivity index (χ4n) is 1.24. The lowest BCUT2D eigenvalue weighted by Gasteiger charge is -1.97. The van der Waals surface area contributed by atoms with Gasteiger partial charge in [-0.15, -0.1) is 0 Å². The van der Waals surface area contributed by atoms with Crippen LogP contribution in [0, 0.1) is 6.92 Å². The van der Waals surface area contributed by atoms with Gasteiger partial charge in [-0.2, -0.15) is 0 Å². The molecule has 10 heavy (non-hydrogen) atoms. The second kappa shape index (κ2) is 2.01. The summed E-state index contributed by atoms with van der Waals surface area (Å²) < 4.78 is 5.33. The van der Waals surface area contributed by atoms with E-state index in [1.54, 1.807) is 0 Å². The summed E-state index contributed by atoms with van der Waals surface area (Å²) in [5, 5.41) is 0. The summed E-state index contributed by atoms with van der Waals surface area (Å²) in [4.78, 5) is 0. The van der Waals surface area contributed by atoms with Crippen molar-refractivity contribution < 1.29 is 4.74 Å². The zero-order valence-corrected chi connectivity index (χ0v) is 5.76. The molecule has 0 aromatic heterocycles. The highest BCUT2D eigenvalue weighted by Crippen LogP contribution is 2.25. The molecule has 0 saturated carbocycles. The lowest BCUT2D eigenvalue weighted by molar-refractivity contribution is 0.357. The molecule has 51 valence electrons. The van der Waals surface area contributed by atoms with Crippen molar-refractivity contribution in [2.75, 3.05) is 6.61 Å². The average molecular weight is 133 g/mol. The zero-order chi connectivity index (χ0) is 6.97. The van der Waals surface area contributed by atoms with Gasteiger partial charge in [0.05, 0.1) is 6.61 Å². The molecule has 0 fully saturated rings. The number of rotatable bonds is 0. The summed E-state index contributed by atoms with van der Waals surface area (Å²) in [5.74, 6) is 1.03. The summed E-state index contributed by atoms with van der Waals surface area (Å²) in [6.07, 6.45) is 1.04. The Morgan fingerprint density at radius 1 is 1.40 bits per heavy atom. The topological polar surface area (TPSA) is 9.23 Å². The Morgan fingerprint density at radius 2 is 2.30 bits per heavy atom. The summed E-state index contributed by atoms with van der Waals surface area (Å²) in [6, 6.07) is 6.05. The van der Waals surface area contributed by atoms with E-state index in [1.807, 2.05) is 12.1 Å². The first-order valence-corrected chi connectivity index (χ1v) is 3.44. The maximum Gasteiger partial charge on any atom is 0.122 e. The molecule has 1 heteroatoms. The van der Waals surface area contributed by atoms with Gasteiger partial charge >= 0.3 is 0 Å². The summed E-state index contributed by atoms with van der Waals surface area (Å²) in [6.45, 7) is 4.67. The van der Waals surface area contributed by atoms with Gasteiger partial charge in [-0.3, -0.25) is 0 Å². The van der Waals surface area contributed by atoms with E-state index < -0.39 is 0 Å². The van der Waals surface area contributed by atoms with Gasteiger partial charge in [-0.25, -0.2) is 0 Å². The van der Waals surface area contributed by atoms with E-state index in [2.05, 4.69) is 13.0 Å². The van der Waals surface area contributed by atoms with Crippen molar-refractivity contribution in [2.24, 2.45) is 0 Å². The van der Waals surface area contributed by atoms with Crippen LogP contribution in [-0.4, -0.2) is 6.61 Å². The fraction of sp³-hybridized carbons (Fsp3) is 0.222. The number of ether oxygens (including phenoxy) is 1. The maximum atomic E-state index is 5.33. The van der Waals surface area contributed by atoms with Gasteiger partial charge in [0.2, 0.25) is 0 Å². The largest absolute Gasteiger partial charge is 0.493 e. The van der Waals surface area contributed by atoms with Crippen LogP contribution in [0.3, 0.4) is 0 Å². The molecule has 1 heterocycles. The molecule has 0 atom stereocenters. The molecule has 2 rings (SSSR count). The van der Waals surface area contributed by atoms with Crippen molar-refractivity contribution in [3.8, 4) is 5.75 Å². The Bertz CT molecular complexity index is 253. The van der Waals surface area contributed by atoms with Crippen LogP contribution >= 0.6 is 0 Å². The van der Waals surface area contributed by atoms with Crippen LogP contribution in [0.2, 0.25) is 0 Å². The molecule has 1 aliphatic heterocycles. The number of hydrogen-bond acceptors (Lipinski definition) is 1. The van der Waals surface area contributed by atoms with E-state index >= 15 is 0 Å². The van der Waals surface area contributed by atoms with Crippen molar-refractivity contribution in [3.63, 3.8) is 0 Å². The van der Waals surface area contributed by atoms with Crippen LogP contribution in [0.5, 0.6) is 5.75 Å². The van der Waals surface area contributed by atoms with Crippen molar-refractivity contribution in [2.45, 2.75) is 6.42 Å². The molecule has 0 aliphatic carbocycles. The number of benzene rings is 1. The lowest BCUT2D eigenvalue weighted by Crippen LogP contribution is -1.85. The van der Waals surface area contributed by atoms with Crippen LogP contribution in [0.15, 0.2) is 18.2 Å². The molecule has 1 aromatic carbocycles. The van der Waals surface area contributed by atoms with E-state index in [1.165, 1.54) is 5.56 Å². The highest BCUT2D eigenvalue weighted by molar-refractivity contribution is 5.40. The van der Waals surface area contributed by atoms with E-state index in [9.17, 15) is 0 Å². The van der Waals surface area contributed by atoms with Gasteiger partial charge in [-0.05, 0) is 24.1 Å². The maximum absolute atomic E-state index is 5.33. The molecule has 0 spiro atoms. The lowest BCUT2D eigenvalue weighted by atomic mass is 10.1. The first-order chi connectivity index (χ1) is 4.86. The first kappa shape index (κ1) is 5.78. The third kappa shape index (κ3) is 0.783. The smallest absolute Gasteiger partial charge is 0.122 e. The van der Waals surface area contributed by atoms with E-state index in [0.29, 0.717) is 0 Å².